The molecule has 112 valence electrons. The van der Waals surface area contributed by atoms with Gasteiger partial charge in [-0.25, -0.2) is 0 Å². The second kappa shape index (κ2) is 6.77. The Morgan fingerprint density at radius 1 is 1.00 bits per heavy atom. The topological polar surface area (TPSA) is 29.3 Å². The molecular formula is C19H26N2. The Balaban J connectivity index is 2.08. The number of anilines is 1. The standard InChI is InChI=1S/C19H26N2/c1-5-16-6-8-18(9-7-16)21(4)13-19(20)17-11-14(2)10-15(3)12-17/h6-12,19H,5,13,20H2,1-4H3. The number of benzene rings is 2. The summed E-state index contributed by atoms with van der Waals surface area (Å²) >= 11 is 0. The Morgan fingerprint density at radius 3 is 2.10 bits per heavy atom. The van der Waals surface area contributed by atoms with Crippen LogP contribution in [0.4, 0.5) is 5.69 Å². The van der Waals surface area contributed by atoms with Crippen molar-refractivity contribution >= 4 is 5.69 Å². The fraction of sp³-hybridized carbons (Fsp3) is 0.368. The minimum absolute atomic E-state index is 0.0273. The lowest BCUT2D eigenvalue weighted by molar-refractivity contribution is 0.702. The van der Waals surface area contributed by atoms with Crippen molar-refractivity contribution in [3.05, 3.63) is 64.7 Å². The molecule has 0 aliphatic rings. The highest BCUT2D eigenvalue weighted by Gasteiger charge is 2.11. The van der Waals surface area contributed by atoms with Crippen LogP contribution in [0.1, 0.15) is 35.2 Å². The predicted octanol–water partition coefficient (Wildman–Crippen LogP) is 4.00. The number of nitrogens with two attached hydrogens (primary N) is 1. The van der Waals surface area contributed by atoms with Crippen LogP contribution >= 0.6 is 0 Å². The Bertz CT molecular complexity index is 567. The smallest absolute Gasteiger partial charge is 0.0473 e. The van der Waals surface area contributed by atoms with E-state index in [-0.39, 0.29) is 6.04 Å². The molecule has 2 aromatic carbocycles. The van der Waals surface area contributed by atoms with Crippen molar-refractivity contribution in [2.24, 2.45) is 5.73 Å². The van der Waals surface area contributed by atoms with Gasteiger partial charge in [0.15, 0.2) is 0 Å². The lowest BCUT2D eigenvalue weighted by atomic mass is 10.0. The number of likely N-dealkylation sites (N-methyl/N-ethyl adjacent to an activating group) is 1. The molecule has 1 unspecified atom stereocenters. The first kappa shape index (κ1) is 15.6. The maximum Gasteiger partial charge on any atom is 0.0473 e. The van der Waals surface area contributed by atoms with Gasteiger partial charge in [0.1, 0.15) is 0 Å². The van der Waals surface area contributed by atoms with Crippen molar-refractivity contribution in [2.75, 3.05) is 18.5 Å². The minimum Gasteiger partial charge on any atom is -0.373 e. The summed E-state index contributed by atoms with van der Waals surface area (Å²) in [5.41, 5.74) is 12.7. The maximum absolute atomic E-state index is 6.39. The van der Waals surface area contributed by atoms with Crippen LogP contribution < -0.4 is 10.6 Å². The minimum atomic E-state index is 0.0273. The molecule has 21 heavy (non-hydrogen) atoms. The highest BCUT2D eigenvalue weighted by molar-refractivity contribution is 5.47. The average Bonchev–Trinajstić information content (AvgIpc) is 2.46. The fourth-order valence-corrected chi connectivity index (χ4v) is 2.72. The molecule has 0 saturated carbocycles. The molecule has 0 spiro atoms. The normalized spacial score (nSPS) is 12.2. The van der Waals surface area contributed by atoms with Gasteiger partial charge in [-0.05, 0) is 43.5 Å². The van der Waals surface area contributed by atoms with Crippen LogP contribution in [0.15, 0.2) is 42.5 Å². The Morgan fingerprint density at radius 2 is 1.57 bits per heavy atom. The summed E-state index contributed by atoms with van der Waals surface area (Å²) in [4.78, 5) is 2.22. The molecule has 0 aliphatic heterocycles. The van der Waals surface area contributed by atoms with E-state index in [1.807, 2.05) is 0 Å². The van der Waals surface area contributed by atoms with Crippen LogP contribution in [0.25, 0.3) is 0 Å². The van der Waals surface area contributed by atoms with Gasteiger partial charge in [0, 0.05) is 25.3 Å². The summed E-state index contributed by atoms with van der Waals surface area (Å²) in [6.45, 7) is 7.23. The van der Waals surface area contributed by atoms with E-state index in [1.165, 1.54) is 27.9 Å². The summed E-state index contributed by atoms with van der Waals surface area (Å²) in [5, 5.41) is 0. The zero-order chi connectivity index (χ0) is 15.4. The third-order valence-electron chi connectivity index (χ3n) is 3.93. The number of hydrogen-bond acceptors (Lipinski definition) is 2. The Labute approximate surface area is 128 Å². The average molecular weight is 282 g/mol. The molecule has 2 aromatic rings. The molecule has 0 fully saturated rings. The number of hydrogen-bond donors (Lipinski definition) is 1. The molecule has 1 atom stereocenters. The van der Waals surface area contributed by atoms with Crippen molar-refractivity contribution in [1.29, 1.82) is 0 Å². The van der Waals surface area contributed by atoms with Crippen molar-refractivity contribution in [3.63, 3.8) is 0 Å². The molecule has 0 bridgehead atoms. The fourth-order valence-electron chi connectivity index (χ4n) is 2.72. The molecule has 0 saturated heterocycles. The van der Waals surface area contributed by atoms with E-state index in [0.717, 1.165) is 13.0 Å². The van der Waals surface area contributed by atoms with Gasteiger partial charge in [-0.2, -0.15) is 0 Å². The van der Waals surface area contributed by atoms with Crippen LogP contribution in [0.5, 0.6) is 0 Å². The predicted molar refractivity (Wildman–Crippen MR) is 91.9 cm³/mol. The van der Waals surface area contributed by atoms with Gasteiger partial charge in [0.2, 0.25) is 0 Å². The van der Waals surface area contributed by atoms with Gasteiger partial charge in [-0.15, -0.1) is 0 Å². The second-order valence-electron chi connectivity index (χ2n) is 5.93. The first-order chi connectivity index (χ1) is 9.99. The maximum atomic E-state index is 6.39. The summed E-state index contributed by atoms with van der Waals surface area (Å²) < 4.78 is 0. The van der Waals surface area contributed by atoms with E-state index in [0.29, 0.717) is 0 Å². The van der Waals surface area contributed by atoms with E-state index >= 15 is 0 Å². The summed E-state index contributed by atoms with van der Waals surface area (Å²) in [6.07, 6.45) is 1.08. The first-order valence-corrected chi connectivity index (χ1v) is 7.63. The second-order valence-corrected chi connectivity index (χ2v) is 5.93. The lowest BCUT2D eigenvalue weighted by Crippen LogP contribution is -2.29. The molecule has 2 rings (SSSR count). The number of aryl methyl sites for hydroxylation is 3. The van der Waals surface area contributed by atoms with Gasteiger partial charge in [-0.3, -0.25) is 0 Å². The molecule has 0 radical (unpaired) electrons. The SMILES string of the molecule is CCc1ccc(N(C)CC(N)c2cc(C)cc(C)c2)cc1. The van der Waals surface area contributed by atoms with Crippen LogP contribution in [-0.4, -0.2) is 13.6 Å². The molecule has 2 nitrogen and oxygen atoms in total. The highest BCUT2D eigenvalue weighted by atomic mass is 15.1. The van der Waals surface area contributed by atoms with Gasteiger partial charge >= 0.3 is 0 Å². The van der Waals surface area contributed by atoms with Crippen molar-refractivity contribution in [2.45, 2.75) is 33.2 Å². The van der Waals surface area contributed by atoms with Gasteiger partial charge in [-0.1, -0.05) is 48.4 Å². The van der Waals surface area contributed by atoms with E-state index < -0.39 is 0 Å². The molecule has 0 aliphatic carbocycles. The quantitative estimate of drug-likeness (QED) is 0.898. The van der Waals surface area contributed by atoms with Crippen LogP contribution in [0, 0.1) is 13.8 Å². The lowest BCUT2D eigenvalue weighted by Gasteiger charge is -2.24. The molecular weight excluding hydrogens is 256 g/mol. The van der Waals surface area contributed by atoms with Crippen LogP contribution in [0.3, 0.4) is 0 Å². The zero-order valence-electron chi connectivity index (χ0n) is 13.6. The van der Waals surface area contributed by atoms with E-state index in [1.54, 1.807) is 0 Å². The third kappa shape index (κ3) is 4.08. The Hall–Kier alpha value is -1.80. The molecule has 0 aromatic heterocycles. The number of nitrogens with zero attached hydrogens (tertiary/aromatic N) is 1. The largest absolute Gasteiger partial charge is 0.373 e. The molecule has 0 heterocycles. The summed E-state index contributed by atoms with van der Waals surface area (Å²) in [7, 11) is 2.10. The van der Waals surface area contributed by atoms with Crippen molar-refractivity contribution in [1.82, 2.24) is 0 Å². The van der Waals surface area contributed by atoms with Gasteiger partial charge < -0.3 is 10.6 Å². The summed E-state index contributed by atoms with van der Waals surface area (Å²) in [6, 6.07) is 15.3. The number of rotatable bonds is 5. The van der Waals surface area contributed by atoms with Crippen molar-refractivity contribution in [3.8, 4) is 0 Å². The monoisotopic (exact) mass is 282 g/mol. The van der Waals surface area contributed by atoms with Gasteiger partial charge in [0.05, 0.1) is 0 Å². The Kier molecular flexibility index (Phi) is 5.03. The molecule has 2 N–H and O–H groups in total. The molecule has 2 heteroatoms. The van der Waals surface area contributed by atoms with E-state index in [2.05, 4.69) is 75.2 Å². The highest BCUT2D eigenvalue weighted by Crippen LogP contribution is 2.20. The van der Waals surface area contributed by atoms with Crippen LogP contribution in [0.2, 0.25) is 0 Å². The first-order valence-electron chi connectivity index (χ1n) is 7.63. The van der Waals surface area contributed by atoms with Crippen molar-refractivity contribution < 1.29 is 0 Å². The van der Waals surface area contributed by atoms with E-state index in [9.17, 15) is 0 Å². The van der Waals surface area contributed by atoms with Gasteiger partial charge in [0.25, 0.3) is 0 Å². The molecule has 0 amide bonds. The summed E-state index contributed by atoms with van der Waals surface area (Å²) in [5.74, 6) is 0. The zero-order valence-corrected chi connectivity index (χ0v) is 13.6. The van der Waals surface area contributed by atoms with E-state index in [4.69, 9.17) is 5.73 Å². The van der Waals surface area contributed by atoms with Crippen LogP contribution in [-0.2, 0) is 6.42 Å². The third-order valence-corrected chi connectivity index (χ3v) is 3.93.